The highest BCUT2D eigenvalue weighted by molar-refractivity contribution is 6.30. The first-order chi connectivity index (χ1) is 12.4. The summed E-state index contributed by atoms with van der Waals surface area (Å²) in [5.74, 6) is -2.26. The third-order valence-electron chi connectivity index (χ3n) is 3.52. The molecule has 0 aromatic heterocycles. The molecule has 2 aromatic carbocycles. The lowest BCUT2D eigenvalue weighted by molar-refractivity contribution is -0.153. The summed E-state index contributed by atoms with van der Waals surface area (Å²) in [6.07, 6.45) is -1.31. The van der Waals surface area contributed by atoms with Crippen LogP contribution in [0.2, 0.25) is 5.02 Å². The highest BCUT2D eigenvalue weighted by Crippen LogP contribution is 2.19. The lowest BCUT2D eigenvalue weighted by Crippen LogP contribution is -2.30. The number of esters is 1. The third kappa shape index (κ3) is 5.67. The molecule has 1 amide bonds. The average molecular weight is 378 g/mol. The summed E-state index contributed by atoms with van der Waals surface area (Å²) < 4.78 is 18.6. The average Bonchev–Trinajstić information content (AvgIpc) is 2.62. The molecule has 26 heavy (non-hydrogen) atoms. The second-order valence-electron chi connectivity index (χ2n) is 5.53. The number of rotatable bonds is 7. The first-order valence-corrected chi connectivity index (χ1v) is 8.28. The minimum atomic E-state index is -1.13. The van der Waals surface area contributed by atoms with Crippen molar-refractivity contribution < 1.29 is 23.5 Å². The van der Waals surface area contributed by atoms with Crippen LogP contribution in [0.25, 0.3) is 0 Å². The van der Waals surface area contributed by atoms with Crippen molar-refractivity contribution >= 4 is 34.9 Å². The predicted molar refractivity (Wildman–Crippen MR) is 95.6 cm³/mol. The molecule has 0 aliphatic carbocycles. The van der Waals surface area contributed by atoms with Crippen molar-refractivity contribution in [3.63, 3.8) is 0 Å². The molecular weight excluding hydrogens is 361 g/mol. The number of ketones is 1. The summed E-state index contributed by atoms with van der Waals surface area (Å²) in [4.78, 5) is 35.7. The Morgan fingerprint density at radius 3 is 2.46 bits per heavy atom. The van der Waals surface area contributed by atoms with Gasteiger partial charge >= 0.3 is 5.97 Å². The monoisotopic (exact) mass is 377 g/mol. The van der Waals surface area contributed by atoms with Crippen LogP contribution in [0.1, 0.15) is 30.1 Å². The van der Waals surface area contributed by atoms with Crippen molar-refractivity contribution in [2.24, 2.45) is 0 Å². The number of hydrogen-bond acceptors (Lipinski definition) is 4. The van der Waals surface area contributed by atoms with Gasteiger partial charge in [0.1, 0.15) is 5.82 Å². The number of halogens is 2. The number of Topliss-reactive ketones (excluding diaryl/α,β-unsaturated/α-hetero) is 1. The molecule has 0 saturated heterocycles. The fraction of sp³-hybridized carbons (Fsp3) is 0.211. The molecule has 0 aliphatic rings. The zero-order valence-corrected chi connectivity index (χ0v) is 14.8. The summed E-state index contributed by atoms with van der Waals surface area (Å²) >= 11 is 5.64. The van der Waals surface area contributed by atoms with Crippen LogP contribution in [0.3, 0.4) is 0 Å². The van der Waals surface area contributed by atoms with E-state index in [1.807, 2.05) is 0 Å². The molecule has 5 nitrogen and oxygen atoms in total. The van der Waals surface area contributed by atoms with E-state index >= 15 is 0 Å². The van der Waals surface area contributed by atoms with E-state index in [0.717, 1.165) is 6.07 Å². The Morgan fingerprint density at radius 1 is 1.12 bits per heavy atom. The Morgan fingerprint density at radius 2 is 1.81 bits per heavy atom. The first-order valence-electron chi connectivity index (χ1n) is 7.90. The molecule has 2 aromatic rings. The SMILES string of the molecule is C[C@H](OC(=O)CCC(=O)c1ccccc1)C(=O)Nc1ccc(Cl)cc1F. The second kappa shape index (κ2) is 9.10. The van der Waals surface area contributed by atoms with E-state index in [4.69, 9.17) is 16.3 Å². The fourth-order valence-corrected chi connectivity index (χ4v) is 2.28. The second-order valence-corrected chi connectivity index (χ2v) is 5.97. The number of benzene rings is 2. The van der Waals surface area contributed by atoms with Gasteiger partial charge in [0, 0.05) is 17.0 Å². The van der Waals surface area contributed by atoms with Gasteiger partial charge < -0.3 is 10.1 Å². The molecule has 0 radical (unpaired) electrons. The molecular formula is C19H17ClFNO4. The number of ether oxygens (including phenoxy) is 1. The summed E-state index contributed by atoms with van der Waals surface area (Å²) in [7, 11) is 0. The highest BCUT2D eigenvalue weighted by atomic mass is 35.5. The molecule has 2 rings (SSSR count). The fourth-order valence-electron chi connectivity index (χ4n) is 2.12. The van der Waals surface area contributed by atoms with E-state index in [9.17, 15) is 18.8 Å². The molecule has 0 unspecified atom stereocenters. The van der Waals surface area contributed by atoms with Crippen LogP contribution in [0, 0.1) is 5.82 Å². The van der Waals surface area contributed by atoms with Gasteiger partial charge in [-0.3, -0.25) is 14.4 Å². The molecule has 0 heterocycles. The van der Waals surface area contributed by atoms with Crippen LogP contribution in [0.4, 0.5) is 10.1 Å². The Balaban J connectivity index is 1.82. The third-order valence-corrected chi connectivity index (χ3v) is 3.75. The Bertz CT molecular complexity index is 810. The lowest BCUT2D eigenvalue weighted by Gasteiger charge is -2.14. The van der Waals surface area contributed by atoms with Crippen LogP contribution >= 0.6 is 11.6 Å². The number of carbonyl (C=O) groups is 3. The van der Waals surface area contributed by atoms with Gasteiger partial charge in [0.05, 0.1) is 12.1 Å². The van der Waals surface area contributed by atoms with Crippen LogP contribution in [-0.4, -0.2) is 23.8 Å². The maximum Gasteiger partial charge on any atom is 0.307 e. The van der Waals surface area contributed by atoms with Crippen molar-refractivity contribution in [1.29, 1.82) is 0 Å². The van der Waals surface area contributed by atoms with Crippen molar-refractivity contribution in [3.05, 3.63) is 64.9 Å². The van der Waals surface area contributed by atoms with Crippen molar-refractivity contribution in [1.82, 2.24) is 0 Å². The molecule has 136 valence electrons. The van der Waals surface area contributed by atoms with Crippen LogP contribution in [0.5, 0.6) is 0 Å². The van der Waals surface area contributed by atoms with Crippen LogP contribution < -0.4 is 5.32 Å². The van der Waals surface area contributed by atoms with Gasteiger partial charge in [-0.1, -0.05) is 41.9 Å². The zero-order chi connectivity index (χ0) is 19.1. The molecule has 0 spiro atoms. The van der Waals surface area contributed by atoms with Crippen molar-refractivity contribution in [2.75, 3.05) is 5.32 Å². The molecule has 0 bridgehead atoms. The van der Waals surface area contributed by atoms with Gasteiger partial charge in [-0.2, -0.15) is 0 Å². The van der Waals surface area contributed by atoms with Gasteiger partial charge in [-0.15, -0.1) is 0 Å². The van der Waals surface area contributed by atoms with E-state index in [1.165, 1.54) is 19.1 Å². The van der Waals surface area contributed by atoms with E-state index in [2.05, 4.69) is 5.32 Å². The normalized spacial score (nSPS) is 11.5. The first kappa shape index (κ1) is 19.6. The maximum atomic E-state index is 13.7. The van der Waals surface area contributed by atoms with Crippen LogP contribution in [0.15, 0.2) is 48.5 Å². The number of amides is 1. The van der Waals surface area contributed by atoms with Crippen LogP contribution in [-0.2, 0) is 14.3 Å². The van der Waals surface area contributed by atoms with E-state index in [1.54, 1.807) is 30.3 Å². The standard InChI is InChI=1S/C19H17ClFNO4/c1-12(19(25)22-16-8-7-14(20)11-15(16)21)26-18(24)10-9-17(23)13-5-3-2-4-6-13/h2-8,11-12H,9-10H2,1H3,(H,22,25)/t12-/m0/s1. The van der Waals surface area contributed by atoms with Gasteiger partial charge in [-0.05, 0) is 25.1 Å². The largest absolute Gasteiger partial charge is 0.453 e. The Hall–Kier alpha value is -2.73. The number of carbonyl (C=O) groups excluding carboxylic acids is 3. The number of anilines is 1. The van der Waals surface area contributed by atoms with Crippen molar-refractivity contribution in [2.45, 2.75) is 25.9 Å². The topological polar surface area (TPSA) is 72.5 Å². The van der Waals surface area contributed by atoms with E-state index in [-0.39, 0.29) is 29.3 Å². The van der Waals surface area contributed by atoms with E-state index in [0.29, 0.717) is 5.56 Å². The van der Waals surface area contributed by atoms with Gasteiger partial charge in [0.25, 0.3) is 5.91 Å². The van der Waals surface area contributed by atoms with Gasteiger partial charge in [-0.25, -0.2) is 4.39 Å². The quantitative estimate of drug-likeness (QED) is 0.584. The van der Waals surface area contributed by atoms with E-state index < -0.39 is 23.8 Å². The Labute approximate surface area is 155 Å². The summed E-state index contributed by atoms with van der Waals surface area (Å²) in [5.41, 5.74) is 0.436. The molecule has 1 N–H and O–H groups in total. The summed E-state index contributed by atoms with van der Waals surface area (Å²) in [6.45, 7) is 1.36. The zero-order valence-electron chi connectivity index (χ0n) is 14.0. The minimum absolute atomic E-state index is 0.0248. The predicted octanol–water partition coefficient (Wildman–Crippen LogP) is 4.01. The maximum absolute atomic E-state index is 13.7. The molecule has 0 saturated carbocycles. The summed E-state index contributed by atoms with van der Waals surface area (Å²) in [5, 5.41) is 2.51. The summed E-state index contributed by atoms with van der Waals surface area (Å²) in [6, 6.07) is 12.4. The molecule has 0 aliphatic heterocycles. The van der Waals surface area contributed by atoms with Gasteiger partial charge in [0.2, 0.25) is 0 Å². The molecule has 0 fully saturated rings. The molecule has 1 atom stereocenters. The molecule has 7 heteroatoms. The van der Waals surface area contributed by atoms with Gasteiger partial charge in [0.15, 0.2) is 11.9 Å². The lowest BCUT2D eigenvalue weighted by atomic mass is 10.1. The Kier molecular flexibility index (Phi) is 6.86. The number of hydrogen-bond donors (Lipinski definition) is 1. The smallest absolute Gasteiger partial charge is 0.307 e. The highest BCUT2D eigenvalue weighted by Gasteiger charge is 2.20. The minimum Gasteiger partial charge on any atom is -0.453 e. The number of nitrogens with one attached hydrogen (secondary N) is 1. The van der Waals surface area contributed by atoms with Crippen molar-refractivity contribution in [3.8, 4) is 0 Å².